The molecule has 98 valence electrons. The Morgan fingerprint density at radius 1 is 1.39 bits per heavy atom. The summed E-state index contributed by atoms with van der Waals surface area (Å²) < 4.78 is 0. The highest BCUT2D eigenvalue weighted by atomic mass is 35.5. The van der Waals surface area contributed by atoms with Crippen LogP contribution in [0.5, 0.6) is 0 Å². The molecule has 0 aromatic heterocycles. The Bertz CT molecular complexity index is 495. The molecular weight excluding hydrogens is 250 g/mol. The van der Waals surface area contributed by atoms with Crippen LogP contribution in [0.25, 0.3) is 0 Å². The number of nitrogens with zero attached hydrogens (tertiary/aromatic N) is 1. The van der Waals surface area contributed by atoms with Gasteiger partial charge < -0.3 is 10.0 Å². The van der Waals surface area contributed by atoms with E-state index in [2.05, 4.69) is 0 Å². The van der Waals surface area contributed by atoms with Gasteiger partial charge in [-0.25, -0.2) is 0 Å². The number of likely N-dealkylation sites (tertiary alicyclic amines) is 1. The Balaban J connectivity index is 2.47. The summed E-state index contributed by atoms with van der Waals surface area (Å²) in [4.78, 5) is 13.6. The van der Waals surface area contributed by atoms with E-state index in [0.29, 0.717) is 5.02 Å². The first-order valence-corrected chi connectivity index (χ1v) is 6.32. The third-order valence-electron chi connectivity index (χ3n) is 3.74. The Morgan fingerprint density at radius 3 is 2.50 bits per heavy atom. The van der Waals surface area contributed by atoms with E-state index in [1.807, 2.05) is 32.9 Å². The summed E-state index contributed by atoms with van der Waals surface area (Å²) in [7, 11) is 1.70. The van der Waals surface area contributed by atoms with Crippen molar-refractivity contribution in [1.29, 1.82) is 0 Å². The predicted molar refractivity (Wildman–Crippen MR) is 71.4 cm³/mol. The SMILES string of the molecule is CN1C(=O)C(O)(C(C)(C)C)C1c1cccc(Cl)c1. The van der Waals surface area contributed by atoms with Crippen molar-refractivity contribution in [3.8, 4) is 0 Å². The molecule has 0 saturated carbocycles. The lowest BCUT2D eigenvalue weighted by Crippen LogP contribution is -2.72. The van der Waals surface area contributed by atoms with Crippen LogP contribution in [0, 0.1) is 5.41 Å². The zero-order valence-corrected chi connectivity index (χ0v) is 11.8. The molecule has 0 spiro atoms. The number of carbonyl (C=O) groups is 1. The molecule has 1 aromatic rings. The molecule has 4 heteroatoms. The molecule has 1 fully saturated rings. The lowest BCUT2D eigenvalue weighted by Gasteiger charge is -2.57. The van der Waals surface area contributed by atoms with Crippen LogP contribution in [0.3, 0.4) is 0 Å². The minimum atomic E-state index is -1.37. The zero-order valence-electron chi connectivity index (χ0n) is 11.1. The monoisotopic (exact) mass is 267 g/mol. The van der Waals surface area contributed by atoms with Crippen LogP contribution in [-0.2, 0) is 4.79 Å². The van der Waals surface area contributed by atoms with E-state index in [9.17, 15) is 9.90 Å². The van der Waals surface area contributed by atoms with Gasteiger partial charge in [0.05, 0.1) is 6.04 Å². The van der Waals surface area contributed by atoms with Crippen LogP contribution < -0.4 is 0 Å². The fourth-order valence-electron chi connectivity index (χ4n) is 2.59. The molecule has 1 heterocycles. The van der Waals surface area contributed by atoms with E-state index in [-0.39, 0.29) is 11.9 Å². The molecule has 1 amide bonds. The first-order chi connectivity index (χ1) is 8.19. The number of β-lactam (4-membered cyclic amide) rings is 1. The van der Waals surface area contributed by atoms with Gasteiger partial charge in [-0.15, -0.1) is 0 Å². The topological polar surface area (TPSA) is 40.5 Å². The lowest BCUT2D eigenvalue weighted by molar-refractivity contribution is -0.212. The highest BCUT2D eigenvalue weighted by Crippen LogP contribution is 2.51. The Kier molecular flexibility index (Phi) is 2.95. The number of benzene rings is 1. The maximum absolute atomic E-state index is 12.0. The average molecular weight is 268 g/mol. The molecule has 3 nitrogen and oxygen atoms in total. The molecule has 2 atom stereocenters. The third-order valence-corrected chi connectivity index (χ3v) is 3.97. The van der Waals surface area contributed by atoms with E-state index in [1.54, 1.807) is 24.1 Å². The van der Waals surface area contributed by atoms with Gasteiger partial charge in [-0.3, -0.25) is 4.79 Å². The number of likely N-dealkylation sites (N-methyl/N-ethyl adjacent to an activating group) is 1. The second-order valence-electron chi connectivity index (χ2n) is 5.89. The van der Waals surface area contributed by atoms with Gasteiger partial charge in [0.15, 0.2) is 5.60 Å². The molecule has 1 aliphatic rings. The second kappa shape index (κ2) is 3.97. The fraction of sp³-hybridized carbons (Fsp3) is 0.500. The van der Waals surface area contributed by atoms with E-state index in [4.69, 9.17) is 11.6 Å². The van der Waals surface area contributed by atoms with Crippen LogP contribution in [0.15, 0.2) is 24.3 Å². The standard InChI is InChI=1S/C14H18ClNO2/c1-13(2,3)14(18)11(16(4)12(14)17)9-6-5-7-10(15)8-9/h5-8,11,18H,1-4H3. The number of aliphatic hydroxyl groups is 1. The van der Waals surface area contributed by atoms with Crippen molar-refractivity contribution in [3.63, 3.8) is 0 Å². The van der Waals surface area contributed by atoms with Crippen LogP contribution in [-0.4, -0.2) is 28.6 Å². The Morgan fingerprint density at radius 2 is 2.00 bits per heavy atom. The molecule has 1 saturated heterocycles. The molecule has 2 rings (SSSR count). The van der Waals surface area contributed by atoms with Gasteiger partial charge in [-0.1, -0.05) is 44.5 Å². The Labute approximate surface area is 112 Å². The van der Waals surface area contributed by atoms with Gasteiger partial charge in [-0.05, 0) is 17.7 Å². The number of rotatable bonds is 1. The fourth-order valence-corrected chi connectivity index (χ4v) is 2.79. The normalized spacial score (nSPS) is 28.2. The summed E-state index contributed by atoms with van der Waals surface area (Å²) in [6, 6.07) is 6.95. The summed E-state index contributed by atoms with van der Waals surface area (Å²) in [6.07, 6.45) is 0. The molecular formula is C14H18ClNO2. The van der Waals surface area contributed by atoms with Crippen LogP contribution >= 0.6 is 11.6 Å². The van der Waals surface area contributed by atoms with Crippen molar-refractivity contribution < 1.29 is 9.90 Å². The van der Waals surface area contributed by atoms with Gasteiger partial charge >= 0.3 is 0 Å². The van der Waals surface area contributed by atoms with Gasteiger partial charge in [0, 0.05) is 17.5 Å². The van der Waals surface area contributed by atoms with Gasteiger partial charge in [0.1, 0.15) is 0 Å². The summed E-state index contributed by atoms with van der Waals surface area (Å²) in [5.74, 6) is -0.236. The molecule has 0 bridgehead atoms. The van der Waals surface area contributed by atoms with Crippen molar-refractivity contribution in [3.05, 3.63) is 34.9 Å². The highest BCUT2D eigenvalue weighted by molar-refractivity contribution is 6.30. The van der Waals surface area contributed by atoms with Gasteiger partial charge in [-0.2, -0.15) is 0 Å². The van der Waals surface area contributed by atoms with E-state index < -0.39 is 11.0 Å². The molecule has 1 aliphatic heterocycles. The molecule has 2 unspecified atom stereocenters. The predicted octanol–water partition coefficient (Wildman–Crippen LogP) is 2.63. The van der Waals surface area contributed by atoms with Gasteiger partial charge in [0.25, 0.3) is 5.91 Å². The van der Waals surface area contributed by atoms with Crippen molar-refractivity contribution in [2.45, 2.75) is 32.4 Å². The molecule has 1 N–H and O–H groups in total. The summed E-state index contributed by atoms with van der Waals surface area (Å²) in [5.41, 5.74) is -1.03. The van der Waals surface area contributed by atoms with Crippen LogP contribution in [0.4, 0.5) is 0 Å². The molecule has 18 heavy (non-hydrogen) atoms. The number of hydrogen-bond donors (Lipinski definition) is 1. The number of carbonyl (C=O) groups excluding carboxylic acids is 1. The zero-order chi connectivity index (χ0) is 13.7. The maximum atomic E-state index is 12.0. The largest absolute Gasteiger partial charge is 0.377 e. The first-order valence-electron chi connectivity index (χ1n) is 5.94. The van der Waals surface area contributed by atoms with E-state index >= 15 is 0 Å². The van der Waals surface area contributed by atoms with Crippen molar-refractivity contribution in [1.82, 2.24) is 4.90 Å². The summed E-state index contributed by atoms with van der Waals surface area (Å²) >= 11 is 5.98. The van der Waals surface area contributed by atoms with E-state index in [1.165, 1.54) is 0 Å². The van der Waals surface area contributed by atoms with E-state index in [0.717, 1.165) is 5.56 Å². The lowest BCUT2D eigenvalue weighted by atomic mass is 9.63. The number of amides is 1. The van der Waals surface area contributed by atoms with Crippen LogP contribution in [0.1, 0.15) is 32.4 Å². The minimum absolute atomic E-state index is 0.236. The first kappa shape index (κ1) is 13.4. The second-order valence-corrected chi connectivity index (χ2v) is 6.33. The summed E-state index contributed by atoms with van der Waals surface area (Å²) in [5, 5.41) is 11.4. The van der Waals surface area contributed by atoms with Gasteiger partial charge in [0.2, 0.25) is 0 Å². The maximum Gasteiger partial charge on any atom is 0.257 e. The summed E-state index contributed by atoms with van der Waals surface area (Å²) in [6.45, 7) is 5.61. The molecule has 0 aliphatic carbocycles. The highest BCUT2D eigenvalue weighted by Gasteiger charge is 2.64. The Hall–Kier alpha value is -1.06. The smallest absolute Gasteiger partial charge is 0.257 e. The number of hydrogen-bond acceptors (Lipinski definition) is 2. The minimum Gasteiger partial charge on any atom is -0.377 e. The molecule has 1 aromatic carbocycles. The van der Waals surface area contributed by atoms with Crippen molar-refractivity contribution >= 4 is 17.5 Å². The molecule has 0 radical (unpaired) electrons. The van der Waals surface area contributed by atoms with Crippen molar-refractivity contribution in [2.24, 2.45) is 5.41 Å². The third kappa shape index (κ3) is 1.65. The number of halogens is 1. The average Bonchev–Trinajstić information content (AvgIpc) is 2.27. The van der Waals surface area contributed by atoms with Crippen LogP contribution in [0.2, 0.25) is 5.02 Å². The quantitative estimate of drug-likeness (QED) is 0.795. The van der Waals surface area contributed by atoms with Crippen molar-refractivity contribution in [2.75, 3.05) is 7.05 Å².